The molecule has 0 atom stereocenters. The Morgan fingerprint density at radius 1 is 1.41 bits per heavy atom. The van der Waals surface area contributed by atoms with Gasteiger partial charge in [0, 0.05) is 20.2 Å². The second-order valence-electron chi connectivity index (χ2n) is 3.61. The van der Waals surface area contributed by atoms with Gasteiger partial charge in [-0.3, -0.25) is 0 Å². The zero-order valence-corrected chi connectivity index (χ0v) is 9.41. The summed E-state index contributed by atoms with van der Waals surface area (Å²) in [6.07, 6.45) is 1.49. The van der Waals surface area contributed by atoms with Crippen LogP contribution in [-0.4, -0.2) is 35.1 Å². The molecular formula is C11H11N3O3. The van der Waals surface area contributed by atoms with Crippen LogP contribution in [0.1, 0.15) is 10.5 Å². The van der Waals surface area contributed by atoms with Crippen LogP contribution in [0.4, 0.5) is 5.82 Å². The number of carbonyl (C=O) groups is 1. The molecule has 88 valence electrons. The minimum Gasteiger partial charge on any atom is -0.477 e. The van der Waals surface area contributed by atoms with Crippen molar-refractivity contribution in [1.82, 2.24) is 9.97 Å². The summed E-state index contributed by atoms with van der Waals surface area (Å²) < 4.78 is 5.15. The van der Waals surface area contributed by atoms with E-state index in [2.05, 4.69) is 9.97 Å². The fraction of sp³-hybridized carbons (Fsp3) is 0.182. The van der Waals surface area contributed by atoms with Gasteiger partial charge in [0.2, 0.25) is 0 Å². The second kappa shape index (κ2) is 4.25. The molecule has 6 heteroatoms. The molecule has 2 aromatic rings. The molecule has 0 bridgehead atoms. The van der Waals surface area contributed by atoms with Crippen molar-refractivity contribution >= 4 is 11.8 Å². The van der Waals surface area contributed by atoms with E-state index in [1.54, 1.807) is 31.1 Å². The maximum Gasteiger partial charge on any atom is 0.354 e. The van der Waals surface area contributed by atoms with Crippen molar-refractivity contribution in [3.05, 3.63) is 30.2 Å². The first-order valence-electron chi connectivity index (χ1n) is 4.91. The van der Waals surface area contributed by atoms with E-state index in [1.165, 1.54) is 12.3 Å². The Hall–Kier alpha value is -2.37. The zero-order chi connectivity index (χ0) is 12.4. The van der Waals surface area contributed by atoms with E-state index in [9.17, 15) is 4.79 Å². The van der Waals surface area contributed by atoms with Gasteiger partial charge in [0.05, 0.1) is 6.26 Å². The van der Waals surface area contributed by atoms with Crippen LogP contribution in [0.2, 0.25) is 0 Å². The molecule has 0 saturated heterocycles. The van der Waals surface area contributed by atoms with Crippen molar-refractivity contribution in [3.8, 4) is 11.6 Å². The van der Waals surface area contributed by atoms with Crippen molar-refractivity contribution < 1.29 is 14.3 Å². The summed E-state index contributed by atoms with van der Waals surface area (Å²) in [5.41, 5.74) is -0.0601. The Morgan fingerprint density at radius 2 is 2.18 bits per heavy atom. The number of anilines is 1. The number of aromatic carboxylic acids is 1. The number of rotatable bonds is 3. The Kier molecular flexibility index (Phi) is 2.78. The number of aromatic nitrogens is 2. The third-order valence-electron chi connectivity index (χ3n) is 2.13. The van der Waals surface area contributed by atoms with Gasteiger partial charge in [-0.25, -0.2) is 14.8 Å². The van der Waals surface area contributed by atoms with Crippen LogP contribution < -0.4 is 4.90 Å². The lowest BCUT2D eigenvalue weighted by molar-refractivity contribution is 0.0690. The van der Waals surface area contributed by atoms with Crippen molar-refractivity contribution in [1.29, 1.82) is 0 Å². The van der Waals surface area contributed by atoms with Crippen LogP contribution in [0.3, 0.4) is 0 Å². The first-order chi connectivity index (χ1) is 8.08. The summed E-state index contributed by atoms with van der Waals surface area (Å²) in [5.74, 6) is 0.127. The van der Waals surface area contributed by atoms with Crippen LogP contribution in [-0.2, 0) is 0 Å². The molecule has 0 spiro atoms. The van der Waals surface area contributed by atoms with Crippen LogP contribution >= 0.6 is 0 Å². The van der Waals surface area contributed by atoms with Gasteiger partial charge in [0.25, 0.3) is 0 Å². The summed E-state index contributed by atoms with van der Waals surface area (Å²) in [6.45, 7) is 0. The van der Waals surface area contributed by atoms with E-state index < -0.39 is 5.97 Å². The Bertz CT molecular complexity index is 535. The average molecular weight is 233 g/mol. The van der Waals surface area contributed by atoms with Crippen LogP contribution in [0.25, 0.3) is 11.6 Å². The predicted octanol–water partition coefficient (Wildman–Crippen LogP) is 1.50. The normalized spacial score (nSPS) is 10.2. The number of nitrogens with zero attached hydrogens (tertiary/aromatic N) is 3. The fourth-order valence-electron chi connectivity index (χ4n) is 1.29. The number of carboxylic acids is 1. The van der Waals surface area contributed by atoms with Crippen LogP contribution in [0, 0.1) is 0 Å². The highest BCUT2D eigenvalue weighted by Gasteiger charge is 2.14. The first-order valence-corrected chi connectivity index (χ1v) is 4.91. The van der Waals surface area contributed by atoms with Crippen molar-refractivity contribution in [2.45, 2.75) is 0 Å². The molecule has 0 amide bonds. The highest BCUT2D eigenvalue weighted by Crippen LogP contribution is 2.19. The molecular weight excluding hydrogens is 222 g/mol. The van der Waals surface area contributed by atoms with E-state index in [-0.39, 0.29) is 11.5 Å². The van der Waals surface area contributed by atoms with Gasteiger partial charge in [-0.15, -0.1) is 0 Å². The van der Waals surface area contributed by atoms with Crippen LogP contribution in [0.5, 0.6) is 0 Å². The van der Waals surface area contributed by atoms with E-state index in [0.717, 1.165) is 0 Å². The maximum absolute atomic E-state index is 11.0. The Morgan fingerprint density at radius 3 is 2.71 bits per heavy atom. The van der Waals surface area contributed by atoms with E-state index in [4.69, 9.17) is 9.52 Å². The molecule has 2 heterocycles. The van der Waals surface area contributed by atoms with Gasteiger partial charge >= 0.3 is 5.97 Å². The molecule has 1 N–H and O–H groups in total. The molecule has 2 aromatic heterocycles. The van der Waals surface area contributed by atoms with Gasteiger partial charge in [-0.2, -0.15) is 0 Å². The molecule has 0 unspecified atom stereocenters. The number of hydrogen-bond acceptors (Lipinski definition) is 5. The lowest BCUT2D eigenvalue weighted by atomic mass is 10.3. The largest absolute Gasteiger partial charge is 0.477 e. The lowest BCUT2D eigenvalue weighted by Crippen LogP contribution is -2.14. The molecule has 0 aliphatic rings. The predicted molar refractivity (Wildman–Crippen MR) is 61.0 cm³/mol. The van der Waals surface area contributed by atoms with Gasteiger partial charge < -0.3 is 14.4 Å². The fourth-order valence-corrected chi connectivity index (χ4v) is 1.29. The standard InChI is InChI=1S/C11H11N3O3/c1-14(2)9-6-7(11(15)16)12-10(13-9)8-4-3-5-17-8/h3-6H,1-2H3,(H,15,16). The molecule has 0 fully saturated rings. The minimum atomic E-state index is -1.09. The van der Waals surface area contributed by atoms with Crippen molar-refractivity contribution in [2.24, 2.45) is 0 Å². The van der Waals surface area contributed by atoms with Gasteiger partial charge in [-0.05, 0) is 12.1 Å². The molecule has 0 aliphatic carbocycles. The van der Waals surface area contributed by atoms with Crippen molar-refractivity contribution in [3.63, 3.8) is 0 Å². The van der Waals surface area contributed by atoms with E-state index in [1.807, 2.05) is 0 Å². The van der Waals surface area contributed by atoms with Gasteiger partial charge in [0.1, 0.15) is 5.82 Å². The highest BCUT2D eigenvalue weighted by molar-refractivity contribution is 5.86. The summed E-state index contributed by atoms with van der Waals surface area (Å²) >= 11 is 0. The minimum absolute atomic E-state index is 0.0601. The SMILES string of the molecule is CN(C)c1cc(C(=O)O)nc(-c2ccco2)n1. The summed E-state index contributed by atoms with van der Waals surface area (Å²) in [6, 6.07) is 4.79. The topological polar surface area (TPSA) is 79.5 Å². The second-order valence-corrected chi connectivity index (χ2v) is 3.61. The average Bonchev–Trinajstić information content (AvgIpc) is 2.81. The number of hydrogen-bond donors (Lipinski definition) is 1. The molecule has 0 aromatic carbocycles. The lowest BCUT2D eigenvalue weighted by Gasteiger charge is -2.12. The molecule has 0 aliphatic heterocycles. The quantitative estimate of drug-likeness (QED) is 0.865. The molecule has 2 rings (SSSR count). The molecule has 0 radical (unpaired) electrons. The van der Waals surface area contributed by atoms with Gasteiger partial charge in [-0.1, -0.05) is 0 Å². The summed E-state index contributed by atoms with van der Waals surface area (Å²) in [7, 11) is 3.56. The molecule has 0 saturated carbocycles. The molecule has 17 heavy (non-hydrogen) atoms. The maximum atomic E-state index is 11.0. The number of furan rings is 1. The van der Waals surface area contributed by atoms with Crippen molar-refractivity contribution in [2.75, 3.05) is 19.0 Å². The number of carboxylic acid groups (broad SMARTS) is 1. The Labute approximate surface area is 97.5 Å². The van der Waals surface area contributed by atoms with Gasteiger partial charge in [0.15, 0.2) is 17.3 Å². The molecule has 6 nitrogen and oxygen atoms in total. The van der Waals surface area contributed by atoms with E-state index >= 15 is 0 Å². The third kappa shape index (κ3) is 2.25. The van der Waals surface area contributed by atoms with E-state index in [0.29, 0.717) is 11.6 Å². The highest BCUT2D eigenvalue weighted by atomic mass is 16.4. The Balaban J connectivity index is 2.56. The first kappa shape index (κ1) is 11.1. The smallest absolute Gasteiger partial charge is 0.354 e. The zero-order valence-electron chi connectivity index (χ0n) is 9.41. The van der Waals surface area contributed by atoms with Crippen LogP contribution in [0.15, 0.2) is 28.9 Å². The monoisotopic (exact) mass is 233 g/mol. The summed E-state index contributed by atoms with van der Waals surface area (Å²) in [4.78, 5) is 20.8. The third-order valence-corrected chi connectivity index (χ3v) is 2.13. The summed E-state index contributed by atoms with van der Waals surface area (Å²) in [5, 5.41) is 8.97.